The highest BCUT2D eigenvalue weighted by molar-refractivity contribution is 5.71. The van der Waals surface area contributed by atoms with Gasteiger partial charge in [-0.15, -0.1) is 0 Å². The van der Waals surface area contributed by atoms with Crippen molar-refractivity contribution in [2.24, 2.45) is 0 Å². The van der Waals surface area contributed by atoms with Gasteiger partial charge in [-0.05, 0) is 44.9 Å². The molecule has 0 saturated heterocycles. The summed E-state index contributed by atoms with van der Waals surface area (Å²) >= 11 is 0. The van der Waals surface area contributed by atoms with E-state index in [2.05, 4.69) is 32.9 Å². The largest absolute Gasteiger partial charge is 0.462 e. The molecule has 0 radical (unpaired) electrons. The highest BCUT2D eigenvalue weighted by Crippen LogP contribution is 2.17. The van der Waals surface area contributed by atoms with Gasteiger partial charge in [0, 0.05) is 19.3 Å². The highest BCUT2D eigenvalue weighted by atomic mass is 16.6. The van der Waals surface area contributed by atoms with Crippen molar-refractivity contribution < 1.29 is 28.6 Å². The van der Waals surface area contributed by atoms with E-state index in [-0.39, 0.29) is 31.1 Å². The zero-order valence-corrected chi connectivity index (χ0v) is 41.9. The fourth-order valence-electron chi connectivity index (χ4n) is 8.32. The van der Waals surface area contributed by atoms with Crippen LogP contribution in [0.2, 0.25) is 0 Å². The van der Waals surface area contributed by atoms with E-state index in [1.807, 2.05) is 0 Å². The molecule has 0 aliphatic rings. The van der Waals surface area contributed by atoms with Crippen molar-refractivity contribution in [1.82, 2.24) is 0 Å². The first kappa shape index (κ1) is 60.2. The number of hydrogen-bond acceptors (Lipinski definition) is 6. The van der Waals surface area contributed by atoms with Crippen LogP contribution in [0.25, 0.3) is 0 Å². The lowest BCUT2D eigenvalue weighted by Crippen LogP contribution is -2.30. The van der Waals surface area contributed by atoms with Gasteiger partial charge in [0.15, 0.2) is 6.10 Å². The lowest BCUT2D eigenvalue weighted by molar-refractivity contribution is -0.167. The standard InChI is InChI=1S/C56H106O6/c1-4-7-10-13-16-18-20-22-24-26-28-29-31-32-34-36-38-40-43-46-49-55(58)61-52-53(51-60-54(57)48-45-42-15-12-9-6-3)62-56(59)50-47-44-41-39-37-35-33-30-27-25-23-21-19-17-14-11-8-5-2/h25,27,53H,4-24,26,28-52H2,1-3H3/b27-25-. The zero-order valence-electron chi connectivity index (χ0n) is 41.9. The molecular weight excluding hydrogens is 769 g/mol. The second kappa shape index (κ2) is 51.8. The van der Waals surface area contributed by atoms with Crippen LogP contribution in [0.3, 0.4) is 0 Å². The normalized spacial score (nSPS) is 12.0. The molecule has 0 rings (SSSR count). The summed E-state index contributed by atoms with van der Waals surface area (Å²) < 4.78 is 16.7. The Bertz CT molecular complexity index is 962. The topological polar surface area (TPSA) is 78.9 Å². The molecule has 6 heteroatoms. The second-order valence-corrected chi connectivity index (χ2v) is 18.9. The van der Waals surface area contributed by atoms with E-state index < -0.39 is 6.10 Å². The predicted molar refractivity (Wildman–Crippen MR) is 266 cm³/mol. The van der Waals surface area contributed by atoms with Crippen LogP contribution in [-0.4, -0.2) is 37.2 Å². The maximum atomic E-state index is 12.8. The Hall–Kier alpha value is -1.85. The van der Waals surface area contributed by atoms with Crippen LogP contribution in [0.5, 0.6) is 0 Å². The van der Waals surface area contributed by atoms with Crippen LogP contribution >= 0.6 is 0 Å². The summed E-state index contributed by atoms with van der Waals surface area (Å²) in [5, 5.41) is 0. The van der Waals surface area contributed by atoms with Gasteiger partial charge in [-0.3, -0.25) is 14.4 Å². The van der Waals surface area contributed by atoms with Gasteiger partial charge in [-0.2, -0.15) is 0 Å². The fourth-order valence-corrected chi connectivity index (χ4v) is 8.32. The molecule has 0 aliphatic carbocycles. The molecule has 0 heterocycles. The minimum Gasteiger partial charge on any atom is -0.462 e. The fraction of sp³-hybridized carbons (Fsp3) is 0.911. The Labute approximate surface area is 386 Å². The van der Waals surface area contributed by atoms with Crippen molar-refractivity contribution in [3.8, 4) is 0 Å². The smallest absolute Gasteiger partial charge is 0.306 e. The summed E-state index contributed by atoms with van der Waals surface area (Å²) in [6.07, 6.45) is 58.0. The SMILES string of the molecule is CCCCCCCCC/C=C\CCCCCCCCCC(=O)OC(COC(=O)CCCCCCCC)COC(=O)CCCCCCCCCCCCCCCCCCCCCC. The molecule has 0 amide bonds. The molecule has 0 bridgehead atoms. The Balaban J connectivity index is 4.12. The van der Waals surface area contributed by atoms with E-state index >= 15 is 0 Å². The molecule has 0 aromatic rings. The first-order chi connectivity index (χ1) is 30.5. The summed E-state index contributed by atoms with van der Waals surface area (Å²) in [4.78, 5) is 37.8. The van der Waals surface area contributed by atoms with Crippen molar-refractivity contribution in [2.45, 2.75) is 316 Å². The van der Waals surface area contributed by atoms with Crippen LogP contribution in [-0.2, 0) is 28.6 Å². The average Bonchev–Trinajstić information content (AvgIpc) is 3.27. The molecule has 1 unspecified atom stereocenters. The summed E-state index contributed by atoms with van der Waals surface area (Å²) in [5.74, 6) is -0.862. The van der Waals surface area contributed by atoms with Gasteiger partial charge in [0.2, 0.25) is 0 Å². The molecule has 0 aromatic carbocycles. The quantitative estimate of drug-likeness (QED) is 0.0262. The van der Waals surface area contributed by atoms with Crippen LogP contribution in [0.1, 0.15) is 310 Å². The lowest BCUT2D eigenvalue weighted by Gasteiger charge is -2.18. The maximum Gasteiger partial charge on any atom is 0.306 e. The van der Waals surface area contributed by atoms with E-state index in [0.29, 0.717) is 19.3 Å². The molecule has 0 saturated carbocycles. The number of hydrogen-bond donors (Lipinski definition) is 0. The highest BCUT2D eigenvalue weighted by Gasteiger charge is 2.19. The van der Waals surface area contributed by atoms with Crippen LogP contribution in [0, 0.1) is 0 Å². The van der Waals surface area contributed by atoms with E-state index in [1.54, 1.807) is 0 Å². The van der Waals surface area contributed by atoms with Crippen LogP contribution in [0.4, 0.5) is 0 Å². The van der Waals surface area contributed by atoms with Crippen molar-refractivity contribution in [3.63, 3.8) is 0 Å². The predicted octanol–water partition coefficient (Wildman–Crippen LogP) is 18.2. The monoisotopic (exact) mass is 875 g/mol. The third-order valence-corrected chi connectivity index (χ3v) is 12.5. The molecule has 0 N–H and O–H groups in total. The summed E-state index contributed by atoms with van der Waals surface area (Å²) in [5.41, 5.74) is 0. The first-order valence-electron chi connectivity index (χ1n) is 27.7. The first-order valence-corrected chi connectivity index (χ1v) is 27.7. The van der Waals surface area contributed by atoms with Crippen molar-refractivity contribution in [3.05, 3.63) is 12.2 Å². The van der Waals surface area contributed by atoms with Gasteiger partial charge in [-0.1, -0.05) is 258 Å². The third kappa shape index (κ3) is 49.2. The molecule has 0 spiro atoms. The van der Waals surface area contributed by atoms with Gasteiger partial charge >= 0.3 is 17.9 Å². The Kier molecular flexibility index (Phi) is 50.2. The van der Waals surface area contributed by atoms with E-state index in [9.17, 15) is 14.4 Å². The van der Waals surface area contributed by atoms with Crippen molar-refractivity contribution >= 4 is 17.9 Å². The van der Waals surface area contributed by atoms with Gasteiger partial charge in [0.05, 0.1) is 0 Å². The van der Waals surface area contributed by atoms with Crippen LogP contribution < -0.4 is 0 Å². The van der Waals surface area contributed by atoms with E-state index in [4.69, 9.17) is 14.2 Å². The molecule has 0 aliphatic heterocycles. The molecule has 62 heavy (non-hydrogen) atoms. The second-order valence-electron chi connectivity index (χ2n) is 18.9. The lowest BCUT2D eigenvalue weighted by atomic mass is 10.0. The van der Waals surface area contributed by atoms with Crippen molar-refractivity contribution in [2.75, 3.05) is 13.2 Å². The summed E-state index contributed by atoms with van der Waals surface area (Å²) in [7, 11) is 0. The van der Waals surface area contributed by atoms with Gasteiger partial charge < -0.3 is 14.2 Å². The molecule has 1 atom stereocenters. The number of carbonyl (C=O) groups excluding carboxylic acids is 3. The number of allylic oxidation sites excluding steroid dienone is 2. The zero-order chi connectivity index (χ0) is 45.1. The summed E-state index contributed by atoms with van der Waals surface area (Å²) in [6, 6.07) is 0. The molecule has 6 nitrogen and oxygen atoms in total. The minimum atomic E-state index is -0.764. The van der Waals surface area contributed by atoms with Gasteiger partial charge in [0.25, 0.3) is 0 Å². The number of esters is 3. The van der Waals surface area contributed by atoms with Crippen LogP contribution in [0.15, 0.2) is 12.2 Å². The average molecular weight is 875 g/mol. The molecule has 0 aromatic heterocycles. The van der Waals surface area contributed by atoms with Gasteiger partial charge in [-0.25, -0.2) is 0 Å². The summed E-state index contributed by atoms with van der Waals surface area (Å²) in [6.45, 7) is 6.62. The van der Waals surface area contributed by atoms with E-state index in [0.717, 1.165) is 57.8 Å². The van der Waals surface area contributed by atoms with Gasteiger partial charge in [0.1, 0.15) is 13.2 Å². The number of carbonyl (C=O) groups is 3. The Morgan fingerprint density at radius 3 is 0.806 bits per heavy atom. The number of rotatable bonds is 51. The van der Waals surface area contributed by atoms with Crippen molar-refractivity contribution in [1.29, 1.82) is 0 Å². The van der Waals surface area contributed by atoms with E-state index in [1.165, 1.54) is 212 Å². The Morgan fingerprint density at radius 1 is 0.306 bits per heavy atom. The number of ether oxygens (including phenoxy) is 3. The third-order valence-electron chi connectivity index (χ3n) is 12.5. The maximum absolute atomic E-state index is 12.8. The molecular formula is C56H106O6. The minimum absolute atomic E-state index is 0.0671. The number of unbranched alkanes of at least 4 members (excludes halogenated alkanes) is 38. The molecule has 366 valence electrons. The molecule has 0 fully saturated rings. The Morgan fingerprint density at radius 2 is 0.532 bits per heavy atom.